The van der Waals surface area contributed by atoms with Crippen LogP contribution in [0.4, 0.5) is 4.79 Å². The van der Waals surface area contributed by atoms with Gasteiger partial charge in [0.05, 0.1) is 10.2 Å². The summed E-state index contributed by atoms with van der Waals surface area (Å²) in [4.78, 5) is 13.4. The average Bonchev–Trinajstić information content (AvgIpc) is 3.15. The Balaban J connectivity index is 1.64. The highest BCUT2D eigenvalue weighted by atomic mass is 32.2. The minimum absolute atomic E-state index is 0.192. The zero-order valence-corrected chi connectivity index (χ0v) is 17.1. The molecule has 0 bridgehead atoms. The molecule has 0 spiro atoms. The van der Waals surface area contributed by atoms with Gasteiger partial charge in [-0.3, -0.25) is 4.57 Å². The predicted octanol–water partition coefficient (Wildman–Crippen LogP) is 2.52. The van der Waals surface area contributed by atoms with E-state index in [0.717, 1.165) is 47.0 Å². The number of aromatic nitrogens is 1. The van der Waals surface area contributed by atoms with Crippen LogP contribution in [-0.4, -0.2) is 32.2 Å². The lowest BCUT2D eigenvalue weighted by molar-refractivity contribution is 0.241. The normalized spacial score (nSPS) is 17.5. The molecule has 0 radical (unpaired) electrons. The van der Waals surface area contributed by atoms with Crippen LogP contribution in [-0.2, 0) is 17.5 Å². The highest BCUT2D eigenvalue weighted by molar-refractivity contribution is 7.82. The largest absolute Gasteiger partial charge is 0.333 e. The Morgan fingerprint density at radius 1 is 1.18 bits per heavy atom. The fraction of sp³-hybridized carbons (Fsp3) is 0.318. The van der Waals surface area contributed by atoms with Crippen molar-refractivity contribution in [1.29, 1.82) is 0 Å². The average molecular weight is 398 g/mol. The van der Waals surface area contributed by atoms with Crippen LogP contribution in [0.2, 0.25) is 0 Å². The molecule has 1 aliphatic rings. The molecular weight excluding hydrogens is 370 g/mol. The Bertz CT molecular complexity index is 970. The van der Waals surface area contributed by atoms with Gasteiger partial charge in [0.25, 0.3) is 0 Å². The zero-order valence-electron chi connectivity index (χ0n) is 16.3. The maximum Gasteiger partial charge on any atom is 0.326 e. The summed E-state index contributed by atoms with van der Waals surface area (Å²) in [7, 11) is -1.10. The van der Waals surface area contributed by atoms with Crippen LogP contribution < -0.4 is 15.9 Å². The third kappa shape index (κ3) is 4.69. The van der Waals surface area contributed by atoms with Crippen molar-refractivity contribution < 1.29 is 9.00 Å². The highest BCUT2D eigenvalue weighted by Gasteiger charge is 2.17. The molecule has 1 N–H and O–H groups in total. The summed E-state index contributed by atoms with van der Waals surface area (Å²) < 4.78 is 16.3. The van der Waals surface area contributed by atoms with Crippen molar-refractivity contribution in [3.63, 3.8) is 0 Å². The first-order valence-electron chi connectivity index (χ1n) is 9.64. The molecule has 1 unspecified atom stereocenters. The van der Waals surface area contributed by atoms with Gasteiger partial charge in [0.1, 0.15) is 11.0 Å². The van der Waals surface area contributed by atoms with E-state index in [1.54, 1.807) is 16.8 Å². The van der Waals surface area contributed by atoms with Crippen molar-refractivity contribution in [2.75, 3.05) is 13.1 Å². The Morgan fingerprint density at radius 2 is 1.89 bits per heavy atom. The Hall–Kier alpha value is -2.44. The van der Waals surface area contributed by atoms with Gasteiger partial charge in [0.15, 0.2) is 0 Å². The van der Waals surface area contributed by atoms with Crippen molar-refractivity contribution >= 4 is 29.2 Å². The summed E-state index contributed by atoms with van der Waals surface area (Å²) in [6.45, 7) is 7.85. The van der Waals surface area contributed by atoms with Gasteiger partial charge in [-0.05, 0) is 54.8 Å². The minimum atomic E-state index is -1.10. The van der Waals surface area contributed by atoms with Gasteiger partial charge >= 0.3 is 6.03 Å². The Morgan fingerprint density at radius 3 is 2.54 bits per heavy atom. The zero-order chi connectivity index (χ0) is 19.9. The van der Waals surface area contributed by atoms with E-state index in [2.05, 4.69) is 11.9 Å². The number of piperidine rings is 1. The fourth-order valence-corrected chi connectivity index (χ4v) is 4.59. The van der Waals surface area contributed by atoms with Gasteiger partial charge in [0, 0.05) is 25.8 Å². The van der Waals surface area contributed by atoms with Gasteiger partial charge in [-0.2, -0.15) is 0 Å². The molecule has 1 atom stereocenters. The number of nitrogens with one attached hydrogen (secondary N) is 1. The van der Waals surface area contributed by atoms with Gasteiger partial charge in [0.2, 0.25) is 0 Å². The van der Waals surface area contributed by atoms with Crippen LogP contribution >= 0.6 is 0 Å². The van der Waals surface area contributed by atoms with Crippen LogP contribution in [0.15, 0.2) is 54.1 Å². The maximum atomic E-state index is 12.6. The minimum Gasteiger partial charge on any atom is -0.333 e. The lowest BCUT2D eigenvalue weighted by Crippen LogP contribution is -2.38. The van der Waals surface area contributed by atoms with E-state index in [1.807, 2.05) is 53.7 Å². The molecule has 0 aliphatic carbocycles. The number of rotatable bonds is 5. The van der Waals surface area contributed by atoms with E-state index in [1.165, 1.54) is 6.42 Å². The third-order valence-electron chi connectivity index (χ3n) is 4.88. The van der Waals surface area contributed by atoms with Crippen LogP contribution in [0.25, 0.3) is 12.2 Å². The van der Waals surface area contributed by atoms with Crippen molar-refractivity contribution in [2.45, 2.75) is 37.6 Å². The number of benzene rings is 1. The summed E-state index contributed by atoms with van der Waals surface area (Å²) in [6.07, 6.45) is 10.6. The Labute approximate surface area is 168 Å². The number of carbonyl (C=O) groups excluding carboxylic acids is 1. The molecular formula is C22H27N3O2S. The fourth-order valence-electron chi connectivity index (χ4n) is 3.34. The van der Waals surface area contributed by atoms with Gasteiger partial charge in [-0.1, -0.05) is 37.3 Å². The topological polar surface area (TPSA) is 54.3 Å². The first kappa shape index (κ1) is 20.3. The summed E-state index contributed by atoms with van der Waals surface area (Å²) in [5.74, 6) is 0. The number of nitrogens with zero attached hydrogens (tertiary/aromatic N) is 2. The molecule has 2 heterocycles. The third-order valence-corrected chi connectivity index (χ3v) is 6.39. The summed E-state index contributed by atoms with van der Waals surface area (Å²) >= 11 is 0. The second-order valence-electron chi connectivity index (χ2n) is 6.76. The monoisotopic (exact) mass is 397 g/mol. The lowest BCUT2D eigenvalue weighted by atomic mass is 10.2. The second kappa shape index (κ2) is 9.66. The number of amides is 1. The molecule has 1 saturated heterocycles. The highest BCUT2D eigenvalue weighted by Crippen LogP contribution is 2.17. The molecule has 0 saturated carbocycles. The van der Waals surface area contributed by atoms with E-state index >= 15 is 0 Å². The molecule has 6 heteroatoms. The maximum absolute atomic E-state index is 12.6. The molecule has 148 valence electrons. The van der Waals surface area contributed by atoms with Crippen LogP contribution in [0, 0.1) is 0 Å². The van der Waals surface area contributed by atoms with E-state index in [9.17, 15) is 9.00 Å². The smallest absolute Gasteiger partial charge is 0.326 e. The molecule has 5 nitrogen and oxygen atoms in total. The van der Waals surface area contributed by atoms with Gasteiger partial charge in [-0.25, -0.2) is 13.3 Å². The molecule has 2 aromatic rings. The summed E-state index contributed by atoms with van der Waals surface area (Å²) in [5.41, 5.74) is 0.969. The molecule has 1 aromatic carbocycles. The number of hydrogen-bond donors (Lipinski definition) is 1. The van der Waals surface area contributed by atoms with Crippen molar-refractivity contribution in [2.24, 2.45) is 0 Å². The second-order valence-corrected chi connectivity index (χ2v) is 8.24. The van der Waals surface area contributed by atoms with E-state index in [0.29, 0.717) is 6.54 Å². The quantitative estimate of drug-likeness (QED) is 0.843. The lowest BCUT2D eigenvalue weighted by Gasteiger charge is -2.25. The van der Waals surface area contributed by atoms with Crippen molar-refractivity contribution in [1.82, 2.24) is 14.2 Å². The molecule has 1 aliphatic heterocycles. The summed E-state index contributed by atoms with van der Waals surface area (Å²) in [6, 6.07) is 9.35. The van der Waals surface area contributed by atoms with Crippen LogP contribution in [0.3, 0.4) is 0 Å². The molecule has 1 aromatic heterocycles. The molecule has 3 rings (SSSR count). The predicted molar refractivity (Wildman–Crippen MR) is 114 cm³/mol. The molecule has 1 fully saturated rings. The van der Waals surface area contributed by atoms with Crippen molar-refractivity contribution in [3.8, 4) is 0 Å². The van der Waals surface area contributed by atoms with Crippen LogP contribution in [0.1, 0.15) is 31.7 Å². The number of allylic oxidation sites excluding steroid dienone is 1. The van der Waals surface area contributed by atoms with E-state index in [-0.39, 0.29) is 6.03 Å². The first-order valence-corrected chi connectivity index (χ1v) is 10.7. The number of carbonyl (C=O) groups is 1. The standard InChI is InChI=1S/C22H27N3O2S/c1-3-8-21-19(4-2)13-16-25(21)22(26)23-17-18-9-11-20(12-10-18)28(27)24-14-6-5-7-15-24/h3-4,8-13,16H,1,5-7,14-15,17H2,2H3,(H,23,26)/b19-4-,21-8+. The van der Waals surface area contributed by atoms with E-state index < -0.39 is 11.0 Å². The van der Waals surface area contributed by atoms with E-state index in [4.69, 9.17) is 0 Å². The van der Waals surface area contributed by atoms with Crippen LogP contribution in [0.5, 0.6) is 0 Å². The van der Waals surface area contributed by atoms with Gasteiger partial charge in [-0.15, -0.1) is 0 Å². The summed E-state index contributed by atoms with van der Waals surface area (Å²) in [5, 5.41) is 4.73. The first-order chi connectivity index (χ1) is 13.6. The van der Waals surface area contributed by atoms with Crippen molar-refractivity contribution in [3.05, 3.63) is 65.3 Å². The molecule has 1 amide bonds. The Kier molecular flexibility index (Phi) is 7.01. The number of hydrogen-bond acceptors (Lipinski definition) is 2. The molecule has 28 heavy (non-hydrogen) atoms. The SMILES string of the molecule is C=C/C=c1\c(=C/C)ccn1C(=O)NCc1ccc(S(=O)N2CCCCC2)cc1. The van der Waals surface area contributed by atoms with Gasteiger partial charge < -0.3 is 5.32 Å².